The molecule has 7 rings (SSSR count). The molecule has 0 aromatic heterocycles. The minimum absolute atomic E-state index is 0.0173. The molecule has 0 saturated carbocycles. The Bertz CT molecular complexity index is 4050. The van der Waals surface area contributed by atoms with Crippen LogP contribution in [-0.2, 0) is 120 Å². The Labute approximate surface area is 745 Å². The van der Waals surface area contributed by atoms with Gasteiger partial charge in [0.05, 0.1) is 132 Å². The molecule has 4 N–H and O–H groups in total. The SMILES string of the molecule is CC[C@H]1OC(OCCOCCOCCOCCCC(=O)c2cc(NC(=O)CCCCCCCCC(=O)N3CC(C)(COC(=O)CCC(=O)O)C(C)(COC(c4ccccc4)(c4ccc(OC)cc4)c4ccc(OC)cc4)C3)cc(C(=O)CCCOCCOCCOCCOC3O[C@H](COC(C)=O)[C@H](OC(C)=O)[C@H](OC(C)=O)[C@H]3NC(C)=O)c2)[C@H](NC(C)=O)[C@@H](C)[C@H]1C. The van der Waals surface area contributed by atoms with Crippen LogP contribution in [0.5, 0.6) is 11.5 Å². The van der Waals surface area contributed by atoms with Gasteiger partial charge in [-0.15, -0.1) is 0 Å². The average molecular weight is 1780 g/mol. The largest absolute Gasteiger partial charge is 0.497 e. The lowest BCUT2D eigenvalue weighted by Gasteiger charge is -2.44. The number of ether oxygens (including phenoxy) is 17. The number of amides is 4. The molecule has 3 aliphatic heterocycles. The number of unbranched alkanes of at least 4 members (excludes halogenated alkanes) is 5. The lowest BCUT2D eigenvalue weighted by molar-refractivity contribution is -0.279. The van der Waals surface area contributed by atoms with Crippen LogP contribution in [0.1, 0.15) is 203 Å². The molecule has 4 aromatic carbocycles. The Morgan fingerprint density at radius 2 is 0.921 bits per heavy atom. The minimum Gasteiger partial charge on any atom is -0.497 e. The van der Waals surface area contributed by atoms with Crippen LogP contribution in [0.25, 0.3) is 0 Å². The van der Waals surface area contributed by atoms with Crippen molar-refractivity contribution in [3.63, 3.8) is 0 Å². The van der Waals surface area contributed by atoms with Crippen molar-refractivity contribution in [1.29, 1.82) is 0 Å². The number of anilines is 1. The maximum absolute atomic E-state index is 14.4. The highest BCUT2D eigenvalue weighted by molar-refractivity contribution is 6.04. The van der Waals surface area contributed by atoms with E-state index in [9.17, 15) is 57.8 Å². The Morgan fingerprint density at radius 3 is 1.40 bits per heavy atom. The number of hydrogen-bond donors (Lipinski definition) is 4. The number of esters is 4. The van der Waals surface area contributed by atoms with Crippen LogP contribution < -0.4 is 25.4 Å². The van der Waals surface area contributed by atoms with Crippen molar-refractivity contribution in [2.45, 2.75) is 220 Å². The van der Waals surface area contributed by atoms with E-state index >= 15 is 0 Å². The van der Waals surface area contributed by atoms with Crippen molar-refractivity contribution >= 4 is 70.7 Å². The number of carbonyl (C=O) groups is 11. The lowest BCUT2D eigenvalue weighted by Crippen LogP contribution is -2.66. The van der Waals surface area contributed by atoms with Crippen LogP contribution in [-0.4, -0.2) is 264 Å². The maximum Gasteiger partial charge on any atom is 0.306 e. The molecule has 3 aliphatic rings. The number of ketones is 2. The van der Waals surface area contributed by atoms with Crippen LogP contribution in [0, 0.1) is 22.7 Å². The van der Waals surface area contributed by atoms with E-state index in [2.05, 4.69) is 36.7 Å². The van der Waals surface area contributed by atoms with E-state index in [0.717, 1.165) is 62.6 Å². The first-order valence-corrected chi connectivity index (χ1v) is 44.1. The van der Waals surface area contributed by atoms with Gasteiger partial charge in [-0.1, -0.05) is 115 Å². The van der Waals surface area contributed by atoms with Gasteiger partial charge in [0.15, 0.2) is 36.4 Å². The second kappa shape index (κ2) is 54.8. The van der Waals surface area contributed by atoms with Gasteiger partial charge in [0.1, 0.15) is 35.9 Å². The molecule has 0 aliphatic carbocycles. The molecule has 12 atom stereocenters. The van der Waals surface area contributed by atoms with Crippen LogP contribution >= 0.6 is 0 Å². The van der Waals surface area contributed by atoms with Gasteiger partial charge < -0.3 is 106 Å². The van der Waals surface area contributed by atoms with Gasteiger partial charge >= 0.3 is 29.8 Å². The summed E-state index contributed by atoms with van der Waals surface area (Å²) in [5.41, 5.74) is 0.422. The first kappa shape index (κ1) is 105. The van der Waals surface area contributed by atoms with E-state index in [4.69, 9.17) is 80.5 Å². The summed E-state index contributed by atoms with van der Waals surface area (Å²) in [6.45, 7) is 19.6. The van der Waals surface area contributed by atoms with Crippen molar-refractivity contribution in [3.05, 3.63) is 125 Å². The molecule has 4 unspecified atom stereocenters. The van der Waals surface area contributed by atoms with E-state index < -0.39 is 89.1 Å². The molecule has 33 heteroatoms. The lowest BCUT2D eigenvalue weighted by atomic mass is 9.68. The number of carboxylic acid groups (broad SMARTS) is 1. The molecule has 704 valence electrons. The summed E-state index contributed by atoms with van der Waals surface area (Å²) in [5, 5.41) is 17.9. The Morgan fingerprint density at radius 1 is 0.472 bits per heavy atom. The monoisotopic (exact) mass is 1780 g/mol. The van der Waals surface area contributed by atoms with Crippen LogP contribution in [0.4, 0.5) is 5.69 Å². The van der Waals surface area contributed by atoms with Gasteiger partial charge in [-0.05, 0) is 103 Å². The van der Waals surface area contributed by atoms with Crippen molar-refractivity contribution in [3.8, 4) is 11.5 Å². The second-order valence-electron chi connectivity index (χ2n) is 32.8. The van der Waals surface area contributed by atoms with Crippen molar-refractivity contribution in [2.24, 2.45) is 22.7 Å². The zero-order valence-corrected chi connectivity index (χ0v) is 75.9. The van der Waals surface area contributed by atoms with E-state index in [1.807, 2.05) is 97.6 Å². The van der Waals surface area contributed by atoms with Crippen LogP contribution in [0.2, 0.25) is 0 Å². The quantitative estimate of drug-likeness (QED) is 0.0105. The van der Waals surface area contributed by atoms with E-state index in [-0.39, 0.29) is 202 Å². The molecule has 4 aromatic rings. The first-order valence-electron chi connectivity index (χ1n) is 44.1. The fourth-order valence-electron chi connectivity index (χ4n) is 15.7. The van der Waals surface area contributed by atoms with Gasteiger partial charge in [0.2, 0.25) is 23.6 Å². The number of Topliss-reactive ketones (excluding diaryl/α,β-unsaturated/α-hetero) is 2. The third-order valence-corrected chi connectivity index (χ3v) is 23.0. The minimum atomic E-state index is -1.27. The Balaban J connectivity index is 0.874. The van der Waals surface area contributed by atoms with Gasteiger partial charge in [-0.2, -0.15) is 0 Å². The van der Waals surface area contributed by atoms with E-state index in [1.54, 1.807) is 32.4 Å². The molecule has 33 nitrogen and oxygen atoms in total. The van der Waals surface area contributed by atoms with Crippen LogP contribution in [0.3, 0.4) is 0 Å². The molecule has 127 heavy (non-hydrogen) atoms. The van der Waals surface area contributed by atoms with E-state index in [1.165, 1.54) is 20.8 Å². The number of benzene rings is 4. The zero-order chi connectivity index (χ0) is 92.3. The number of carbonyl (C=O) groups excluding carboxylic acids is 10. The Kier molecular flexibility index (Phi) is 45.2. The standard InChI is InChI=1S/C94H134N4O29/c1-13-80-63(2)64(3)86(95-65(4)99)90(126-80)119-53-51-117-49-47-115-45-43-113-41-23-27-78(104)70-55-71(79(105)28-24-42-114-44-46-116-48-50-118-52-54-120-91-87(96-66(5)100)89(125-69(8)103)88(124-68(7)102)81(127-91)58-121-67(6)101)57-75(56-70)97-82(106)29-21-16-14-15-17-22-30-83(107)98-59-92(9,61-122-85(110)40-39-84(108)109)93(10,60-98)62-123-94(72-25-19-18-20-26-72,73-31-35-76(111-11)36-32-73)74-33-37-77(112-12)38-34-74/h18-20,25-26,31-38,55-57,63-64,80-81,86-91H,13-17,21-24,27-30,39-54,58-62H2,1-12H3,(H,95,99)(H,96,100)(H,97,106)(H,108,109)/t63-,64+,80-,81-,86-,87-,88+,89-,90?,91?,92?,93?/m1/s1. The van der Waals surface area contributed by atoms with Crippen molar-refractivity contribution in [1.82, 2.24) is 15.5 Å². The highest BCUT2D eigenvalue weighted by atomic mass is 16.7. The summed E-state index contributed by atoms with van der Waals surface area (Å²) in [5.74, 6) is -3.70. The molecule has 4 amide bonds. The fraction of sp³-hybridized carbons (Fsp3) is 0.628. The second-order valence-corrected chi connectivity index (χ2v) is 32.8. The van der Waals surface area contributed by atoms with Crippen LogP contribution in [0.15, 0.2) is 97.1 Å². The summed E-state index contributed by atoms with van der Waals surface area (Å²) in [6.07, 6.45) is 0.213. The molecule has 0 radical (unpaired) electrons. The third kappa shape index (κ3) is 34.2. The van der Waals surface area contributed by atoms with E-state index in [0.29, 0.717) is 69.3 Å². The first-order chi connectivity index (χ1) is 60.9. The number of hydrogen-bond acceptors (Lipinski definition) is 28. The number of likely N-dealkylation sites (tertiary alicyclic amines) is 1. The molecule has 3 heterocycles. The number of nitrogens with zero attached hydrogens (tertiary/aromatic N) is 1. The van der Waals surface area contributed by atoms with Gasteiger partial charge in [0, 0.05) is 114 Å². The predicted molar refractivity (Wildman–Crippen MR) is 464 cm³/mol. The predicted octanol–water partition coefficient (Wildman–Crippen LogP) is 10.7. The molecule has 0 spiro atoms. The smallest absolute Gasteiger partial charge is 0.306 e. The molecular formula is C94H134N4O29. The highest BCUT2D eigenvalue weighted by Gasteiger charge is 2.56. The fourth-order valence-corrected chi connectivity index (χ4v) is 15.7. The van der Waals surface area contributed by atoms with Gasteiger partial charge in [-0.3, -0.25) is 52.7 Å². The molecule has 3 fully saturated rings. The average Bonchev–Trinajstić information content (AvgIpc) is 1.69. The van der Waals surface area contributed by atoms with Crippen molar-refractivity contribution < 1.29 is 138 Å². The summed E-state index contributed by atoms with van der Waals surface area (Å²) in [4.78, 5) is 142. The molecule has 3 saturated heterocycles. The summed E-state index contributed by atoms with van der Waals surface area (Å²) in [6, 6.07) is 28.5. The summed E-state index contributed by atoms with van der Waals surface area (Å²) in [7, 11) is 3.21. The summed E-state index contributed by atoms with van der Waals surface area (Å²) < 4.78 is 99.1. The maximum atomic E-state index is 14.4. The Hall–Kier alpha value is -9.39. The molecule has 0 bridgehead atoms. The number of aliphatic carboxylic acids is 1. The summed E-state index contributed by atoms with van der Waals surface area (Å²) >= 11 is 0. The van der Waals surface area contributed by atoms with Gasteiger partial charge in [-0.25, -0.2) is 0 Å². The topological polar surface area (TPSA) is 404 Å². The number of carboxylic acids is 1. The highest BCUT2D eigenvalue weighted by Crippen LogP contribution is 2.51. The van der Waals surface area contributed by atoms with Crippen molar-refractivity contribution in [2.75, 3.05) is 145 Å². The molecular weight excluding hydrogens is 1650 g/mol. The number of nitrogens with one attached hydrogen (secondary N) is 3. The number of methoxy groups -OCH3 is 2. The third-order valence-electron chi connectivity index (χ3n) is 23.0. The normalized spacial score (nSPS) is 21.6. The zero-order valence-electron chi connectivity index (χ0n) is 75.9. The van der Waals surface area contributed by atoms with Gasteiger partial charge in [0.25, 0.3) is 0 Å². The number of rotatable bonds is 60.